The van der Waals surface area contributed by atoms with Crippen molar-refractivity contribution in [3.63, 3.8) is 0 Å². The lowest BCUT2D eigenvalue weighted by Gasteiger charge is -2.21. The monoisotopic (exact) mass is 329 g/mol. The highest BCUT2D eigenvalue weighted by molar-refractivity contribution is 5.92. The Morgan fingerprint density at radius 2 is 2.17 bits per heavy atom. The zero-order valence-electron chi connectivity index (χ0n) is 13.5. The van der Waals surface area contributed by atoms with Gasteiger partial charge in [0.15, 0.2) is 5.82 Å². The molecule has 0 aromatic carbocycles. The Labute approximate surface area is 138 Å². The molecule has 2 aromatic heterocycles. The van der Waals surface area contributed by atoms with E-state index in [0.29, 0.717) is 30.7 Å². The zero-order chi connectivity index (χ0) is 16.7. The molecule has 1 aliphatic heterocycles. The van der Waals surface area contributed by atoms with Gasteiger partial charge in [-0.15, -0.1) is 0 Å². The van der Waals surface area contributed by atoms with Gasteiger partial charge in [0.2, 0.25) is 5.89 Å². The predicted molar refractivity (Wildman–Crippen MR) is 83.5 cm³/mol. The molecule has 1 amide bonds. The number of carbonyl (C=O) groups excluding carboxylic acids is 1. The molecule has 4 rings (SSSR count). The Bertz CT molecular complexity index is 823. The number of likely N-dealkylation sites (tertiary alicyclic amines) is 1. The van der Waals surface area contributed by atoms with Crippen molar-refractivity contribution in [2.24, 2.45) is 0 Å². The third-order valence-electron chi connectivity index (χ3n) is 4.58. The standard InChI is InChI=1S/C16H19N5O3/c1-2-21-13(22)8-7-11(18-21)16(23)20-9-3-4-12(20)14-17-15(24-19-14)10-5-6-10/h7-8,10,12H,2-6,9H2,1H3/t12-/m1/s1. The van der Waals surface area contributed by atoms with Gasteiger partial charge in [-0.05, 0) is 38.7 Å². The Hall–Kier alpha value is -2.51. The maximum absolute atomic E-state index is 12.8. The van der Waals surface area contributed by atoms with Crippen molar-refractivity contribution < 1.29 is 9.32 Å². The van der Waals surface area contributed by atoms with Crippen LogP contribution in [0.15, 0.2) is 21.5 Å². The van der Waals surface area contributed by atoms with Crippen molar-refractivity contribution in [2.45, 2.75) is 51.1 Å². The van der Waals surface area contributed by atoms with Crippen LogP contribution < -0.4 is 5.56 Å². The average Bonchev–Trinajstić information content (AvgIpc) is 3.13. The van der Waals surface area contributed by atoms with Gasteiger partial charge in [0, 0.05) is 25.1 Å². The van der Waals surface area contributed by atoms with Crippen molar-refractivity contribution >= 4 is 5.91 Å². The largest absolute Gasteiger partial charge is 0.339 e. The molecule has 8 heteroatoms. The van der Waals surface area contributed by atoms with Gasteiger partial charge in [-0.3, -0.25) is 9.59 Å². The molecule has 0 N–H and O–H groups in total. The van der Waals surface area contributed by atoms with Crippen LogP contribution in [0.25, 0.3) is 0 Å². The minimum atomic E-state index is -0.209. The molecule has 0 bridgehead atoms. The molecule has 126 valence electrons. The summed E-state index contributed by atoms with van der Waals surface area (Å²) in [6.07, 6.45) is 3.88. The van der Waals surface area contributed by atoms with E-state index in [1.807, 2.05) is 6.92 Å². The van der Waals surface area contributed by atoms with Crippen LogP contribution in [0.4, 0.5) is 0 Å². The van der Waals surface area contributed by atoms with E-state index in [2.05, 4.69) is 15.2 Å². The molecular formula is C16H19N5O3. The smallest absolute Gasteiger partial charge is 0.274 e. The SMILES string of the molecule is CCn1nc(C(=O)N2CCC[C@@H]2c2noc(C3CC3)n2)ccc1=O. The van der Waals surface area contributed by atoms with E-state index < -0.39 is 0 Å². The van der Waals surface area contributed by atoms with Crippen LogP contribution in [0.3, 0.4) is 0 Å². The highest BCUT2D eigenvalue weighted by Gasteiger charge is 2.36. The topological polar surface area (TPSA) is 94.1 Å². The Kier molecular flexibility index (Phi) is 3.66. The molecule has 1 atom stereocenters. The normalized spacial score (nSPS) is 20.5. The van der Waals surface area contributed by atoms with E-state index in [9.17, 15) is 9.59 Å². The molecule has 0 unspecified atom stereocenters. The summed E-state index contributed by atoms with van der Waals surface area (Å²) in [5.41, 5.74) is 0.0635. The van der Waals surface area contributed by atoms with E-state index in [-0.39, 0.29) is 23.2 Å². The van der Waals surface area contributed by atoms with E-state index in [1.54, 1.807) is 4.90 Å². The van der Waals surface area contributed by atoms with E-state index in [1.165, 1.54) is 16.8 Å². The first-order chi connectivity index (χ1) is 11.7. The number of aromatic nitrogens is 4. The minimum Gasteiger partial charge on any atom is -0.339 e. The molecule has 1 saturated heterocycles. The van der Waals surface area contributed by atoms with Crippen molar-refractivity contribution in [3.8, 4) is 0 Å². The van der Waals surface area contributed by atoms with Gasteiger partial charge in [0.1, 0.15) is 5.69 Å². The summed E-state index contributed by atoms with van der Waals surface area (Å²) in [6, 6.07) is 2.68. The van der Waals surface area contributed by atoms with Crippen LogP contribution in [0.5, 0.6) is 0 Å². The molecule has 0 spiro atoms. The molecule has 0 radical (unpaired) electrons. The molecule has 24 heavy (non-hydrogen) atoms. The molecule has 8 nitrogen and oxygen atoms in total. The van der Waals surface area contributed by atoms with Gasteiger partial charge in [-0.2, -0.15) is 10.1 Å². The highest BCUT2D eigenvalue weighted by atomic mass is 16.5. The zero-order valence-corrected chi connectivity index (χ0v) is 13.5. The van der Waals surface area contributed by atoms with E-state index >= 15 is 0 Å². The Balaban J connectivity index is 1.59. The van der Waals surface area contributed by atoms with Gasteiger partial charge >= 0.3 is 0 Å². The number of rotatable bonds is 4. The first-order valence-electron chi connectivity index (χ1n) is 8.40. The summed E-state index contributed by atoms with van der Waals surface area (Å²) in [6.45, 7) is 2.88. The van der Waals surface area contributed by atoms with E-state index in [0.717, 1.165) is 25.7 Å². The quantitative estimate of drug-likeness (QED) is 0.844. The van der Waals surface area contributed by atoms with Crippen LogP contribution >= 0.6 is 0 Å². The van der Waals surface area contributed by atoms with Gasteiger partial charge in [-0.25, -0.2) is 4.68 Å². The molecular weight excluding hydrogens is 310 g/mol. The molecule has 3 heterocycles. The maximum Gasteiger partial charge on any atom is 0.274 e. The van der Waals surface area contributed by atoms with Crippen LogP contribution in [0.1, 0.15) is 66.8 Å². The number of carbonyl (C=O) groups is 1. The molecule has 1 aliphatic carbocycles. The summed E-state index contributed by atoms with van der Waals surface area (Å²) in [5, 5.41) is 8.23. The van der Waals surface area contributed by atoms with Gasteiger partial charge in [0.25, 0.3) is 11.5 Å². The average molecular weight is 329 g/mol. The second-order valence-corrected chi connectivity index (χ2v) is 6.29. The van der Waals surface area contributed by atoms with Crippen molar-refractivity contribution in [1.82, 2.24) is 24.8 Å². The van der Waals surface area contributed by atoms with Gasteiger partial charge in [-0.1, -0.05) is 5.16 Å². The fourth-order valence-electron chi connectivity index (χ4n) is 3.09. The lowest BCUT2D eigenvalue weighted by molar-refractivity contribution is 0.0719. The third kappa shape index (κ3) is 2.61. The summed E-state index contributed by atoms with van der Waals surface area (Å²) in [5.74, 6) is 1.46. The first-order valence-corrected chi connectivity index (χ1v) is 8.40. The summed E-state index contributed by atoms with van der Waals surface area (Å²) in [7, 11) is 0. The number of amides is 1. The lowest BCUT2D eigenvalue weighted by Crippen LogP contribution is -2.33. The van der Waals surface area contributed by atoms with Crippen LogP contribution in [0.2, 0.25) is 0 Å². The Morgan fingerprint density at radius 3 is 2.92 bits per heavy atom. The van der Waals surface area contributed by atoms with Crippen LogP contribution in [-0.2, 0) is 6.54 Å². The molecule has 2 fully saturated rings. The van der Waals surface area contributed by atoms with Gasteiger partial charge in [0.05, 0.1) is 6.04 Å². The predicted octanol–water partition coefficient (Wildman–Crippen LogP) is 1.50. The van der Waals surface area contributed by atoms with Crippen molar-refractivity contribution in [1.29, 1.82) is 0 Å². The van der Waals surface area contributed by atoms with Crippen LogP contribution in [-0.4, -0.2) is 37.3 Å². The number of hydrogen-bond acceptors (Lipinski definition) is 6. The van der Waals surface area contributed by atoms with Gasteiger partial charge < -0.3 is 9.42 Å². The maximum atomic E-state index is 12.8. The van der Waals surface area contributed by atoms with Crippen LogP contribution in [0, 0.1) is 0 Å². The van der Waals surface area contributed by atoms with Crippen molar-refractivity contribution in [2.75, 3.05) is 6.54 Å². The van der Waals surface area contributed by atoms with Crippen molar-refractivity contribution in [3.05, 3.63) is 39.9 Å². The fourth-order valence-corrected chi connectivity index (χ4v) is 3.09. The minimum absolute atomic E-state index is 0.183. The second kappa shape index (κ2) is 5.85. The Morgan fingerprint density at radius 1 is 1.33 bits per heavy atom. The highest BCUT2D eigenvalue weighted by Crippen LogP contribution is 2.40. The number of aryl methyl sites for hydroxylation is 1. The molecule has 1 saturated carbocycles. The second-order valence-electron chi connectivity index (χ2n) is 6.29. The third-order valence-corrected chi connectivity index (χ3v) is 4.58. The number of nitrogens with zero attached hydrogens (tertiary/aromatic N) is 5. The molecule has 2 aliphatic rings. The molecule has 2 aromatic rings. The summed E-state index contributed by atoms with van der Waals surface area (Å²) >= 11 is 0. The fraction of sp³-hybridized carbons (Fsp3) is 0.562. The lowest BCUT2D eigenvalue weighted by atomic mass is 10.2. The first kappa shape index (κ1) is 15.0. The summed E-state index contributed by atoms with van der Waals surface area (Å²) < 4.78 is 6.62. The number of hydrogen-bond donors (Lipinski definition) is 0. The summed E-state index contributed by atoms with van der Waals surface area (Å²) in [4.78, 5) is 30.7. The van der Waals surface area contributed by atoms with E-state index in [4.69, 9.17) is 4.52 Å².